The Morgan fingerprint density at radius 3 is 2.27 bits per heavy atom. The zero-order chi connectivity index (χ0) is 11.3. The summed E-state index contributed by atoms with van der Waals surface area (Å²) in [5, 5.41) is 0. The van der Waals surface area contributed by atoms with E-state index < -0.39 is 18.9 Å². The van der Waals surface area contributed by atoms with E-state index >= 15 is 0 Å². The third-order valence-electron chi connectivity index (χ3n) is 1.83. The molecule has 0 radical (unpaired) electrons. The van der Waals surface area contributed by atoms with Crippen molar-refractivity contribution in [3.05, 3.63) is 35.9 Å². The fraction of sp³-hybridized carbons (Fsp3) is 0.400. The molecule has 5 heteroatoms. The van der Waals surface area contributed by atoms with Gasteiger partial charge in [0.05, 0.1) is 6.10 Å². The molecule has 2 N–H and O–H groups in total. The third-order valence-corrected chi connectivity index (χ3v) is 1.83. The largest absolute Gasteiger partial charge is 0.411 e. The van der Waals surface area contributed by atoms with Crippen LogP contribution in [-0.4, -0.2) is 19.3 Å². The number of hydrogen-bond donors (Lipinski definition) is 1. The highest BCUT2D eigenvalue weighted by molar-refractivity contribution is 5.17. The topological polar surface area (TPSA) is 35.2 Å². The molecule has 0 spiro atoms. The normalized spacial score (nSPS) is 13.9. The monoisotopic (exact) mass is 219 g/mol. The molecular formula is C10H12F3NO. The fourth-order valence-corrected chi connectivity index (χ4v) is 1.16. The Balaban J connectivity index is 2.58. The molecule has 0 aliphatic carbocycles. The first-order valence-corrected chi connectivity index (χ1v) is 4.46. The molecule has 0 saturated heterocycles. The summed E-state index contributed by atoms with van der Waals surface area (Å²) in [5.41, 5.74) is 6.00. The van der Waals surface area contributed by atoms with E-state index in [4.69, 9.17) is 10.5 Å². The van der Waals surface area contributed by atoms with Gasteiger partial charge in [0.25, 0.3) is 0 Å². The zero-order valence-electron chi connectivity index (χ0n) is 8.00. The van der Waals surface area contributed by atoms with Crippen molar-refractivity contribution < 1.29 is 17.9 Å². The average Bonchev–Trinajstić information content (AvgIpc) is 2.19. The summed E-state index contributed by atoms with van der Waals surface area (Å²) in [5.74, 6) is 0. The van der Waals surface area contributed by atoms with E-state index in [2.05, 4.69) is 0 Å². The minimum absolute atomic E-state index is 0.0279. The van der Waals surface area contributed by atoms with Crippen molar-refractivity contribution in [2.45, 2.75) is 12.3 Å². The quantitative estimate of drug-likeness (QED) is 0.843. The van der Waals surface area contributed by atoms with Crippen LogP contribution in [0.25, 0.3) is 0 Å². The van der Waals surface area contributed by atoms with Crippen molar-refractivity contribution in [1.29, 1.82) is 0 Å². The van der Waals surface area contributed by atoms with E-state index in [0.717, 1.165) is 0 Å². The zero-order valence-corrected chi connectivity index (χ0v) is 8.00. The van der Waals surface area contributed by atoms with Gasteiger partial charge in [-0.3, -0.25) is 0 Å². The van der Waals surface area contributed by atoms with E-state index in [0.29, 0.717) is 5.56 Å². The second kappa shape index (κ2) is 5.14. The SMILES string of the molecule is NCC(OCC(F)(F)F)c1ccccc1. The van der Waals surface area contributed by atoms with Gasteiger partial charge in [0.15, 0.2) is 0 Å². The van der Waals surface area contributed by atoms with Crippen molar-refractivity contribution in [3.63, 3.8) is 0 Å². The third kappa shape index (κ3) is 4.31. The van der Waals surface area contributed by atoms with Gasteiger partial charge in [-0.25, -0.2) is 0 Å². The number of benzene rings is 1. The van der Waals surface area contributed by atoms with E-state index in [1.54, 1.807) is 30.3 Å². The van der Waals surface area contributed by atoms with Gasteiger partial charge < -0.3 is 10.5 Å². The molecular weight excluding hydrogens is 207 g/mol. The summed E-state index contributed by atoms with van der Waals surface area (Å²) in [6.07, 6.45) is -5.02. The molecule has 1 aromatic rings. The van der Waals surface area contributed by atoms with Crippen molar-refractivity contribution in [2.75, 3.05) is 13.2 Å². The van der Waals surface area contributed by atoms with Crippen molar-refractivity contribution in [1.82, 2.24) is 0 Å². The second-order valence-electron chi connectivity index (χ2n) is 3.06. The summed E-state index contributed by atoms with van der Waals surface area (Å²) in [4.78, 5) is 0. The summed E-state index contributed by atoms with van der Waals surface area (Å²) in [6, 6.07) is 8.62. The summed E-state index contributed by atoms with van der Waals surface area (Å²) in [6.45, 7) is -1.25. The van der Waals surface area contributed by atoms with Gasteiger partial charge in [-0.2, -0.15) is 13.2 Å². The van der Waals surface area contributed by atoms with E-state index in [1.165, 1.54) is 0 Å². The molecule has 0 aromatic heterocycles. The highest BCUT2D eigenvalue weighted by Crippen LogP contribution is 2.21. The molecule has 1 aromatic carbocycles. The number of nitrogens with two attached hydrogens (primary N) is 1. The van der Waals surface area contributed by atoms with Crippen LogP contribution in [0.2, 0.25) is 0 Å². The average molecular weight is 219 g/mol. The molecule has 0 amide bonds. The van der Waals surface area contributed by atoms with Gasteiger partial charge in [0.1, 0.15) is 6.61 Å². The summed E-state index contributed by atoms with van der Waals surface area (Å²) >= 11 is 0. The van der Waals surface area contributed by atoms with Crippen molar-refractivity contribution in [2.24, 2.45) is 5.73 Å². The molecule has 15 heavy (non-hydrogen) atoms. The smallest absolute Gasteiger partial charge is 0.363 e. The Hall–Kier alpha value is -1.07. The lowest BCUT2D eigenvalue weighted by molar-refractivity contribution is -0.185. The van der Waals surface area contributed by atoms with Crippen LogP contribution in [0.5, 0.6) is 0 Å². The highest BCUT2D eigenvalue weighted by Gasteiger charge is 2.29. The predicted molar refractivity (Wildman–Crippen MR) is 50.2 cm³/mol. The predicted octanol–water partition coefficient (Wildman–Crippen LogP) is 2.27. The van der Waals surface area contributed by atoms with E-state index in [9.17, 15) is 13.2 Å². The molecule has 84 valence electrons. The van der Waals surface area contributed by atoms with Crippen molar-refractivity contribution in [3.8, 4) is 0 Å². The Kier molecular flexibility index (Phi) is 4.11. The lowest BCUT2D eigenvalue weighted by Crippen LogP contribution is -2.23. The van der Waals surface area contributed by atoms with Gasteiger partial charge >= 0.3 is 6.18 Å². The van der Waals surface area contributed by atoms with Crippen LogP contribution >= 0.6 is 0 Å². The molecule has 0 aliphatic rings. The molecule has 2 nitrogen and oxygen atoms in total. The number of halogens is 3. The van der Waals surface area contributed by atoms with Crippen LogP contribution in [0.15, 0.2) is 30.3 Å². The molecule has 1 atom stereocenters. The molecule has 0 saturated carbocycles. The minimum atomic E-state index is -4.32. The summed E-state index contributed by atoms with van der Waals surface area (Å²) in [7, 11) is 0. The molecule has 1 unspecified atom stereocenters. The first kappa shape index (κ1) is 12.0. The lowest BCUT2D eigenvalue weighted by Gasteiger charge is -2.17. The lowest BCUT2D eigenvalue weighted by atomic mass is 10.1. The molecule has 1 rings (SSSR count). The van der Waals surface area contributed by atoms with Gasteiger partial charge in [-0.1, -0.05) is 30.3 Å². The number of alkyl halides is 3. The number of ether oxygens (including phenoxy) is 1. The summed E-state index contributed by atoms with van der Waals surface area (Å²) < 4.78 is 40.4. The Morgan fingerprint density at radius 1 is 1.20 bits per heavy atom. The Morgan fingerprint density at radius 2 is 1.80 bits per heavy atom. The molecule has 0 bridgehead atoms. The van der Waals surface area contributed by atoms with E-state index in [-0.39, 0.29) is 6.54 Å². The van der Waals surface area contributed by atoms with Gasteiger partial charge in [-0.15, -0.1) is 0 Å². The van der Waals surface area contributed by atoms with Crippen LogP contribution in [-0.2, 0) is 4.74 Å². The highest BCUT2D eigenvalue weighted by atomic mass is 19.4. The van der Waals surface area contributed by atoms with Crippen molar-refractivity contribution >= 4 is 0 Å². The van der Waals surface area contributed by atoms with Crippen LogP contribution in [0.1, 0.15) is 11.7 Å². The first-order chi connectivity index (χ1) is 7.03. The number of rotatable bonds is 4. The first-order valence-electron chi connectivity index (χ1n) is 4.46. The van der Waals surface area contributed by atoms with Gasteiger partial charge in [-0.05, 0) is 5.56 Å². The van der Waals surface area contributed by atoms with Crippen LogP contribution in [0.4, 0.5) is 13.2 Å². The number of hydrogen-bond acceptors (Lipinski definition) is 2. The molecule has 0 aliphatic heterocycles. The van der Waals surface area contributed by atoms with E-state index in [1.807, 2.05) is 0 Å². The van der Waals surface area contributed by atoms with Gasteiger partial charge in [0.2, 0.25) is 0 Å². The Labute approximate surface area is 85.8 Å². The molecule has 0 heterocycles. The van der Waals surface area contributed by atoms with Crippen LogP contribution < -0.4 is 5.73 Å². The Bertz CT molecular complexity index is 286. The maximum Gasteiger partial charge on any atom is 0.411 e. The van der Waals surface area contributed by atoms with Crippen LogP contribution in [0, 0.1) is 0 Å². The fourth-order valence-electron chi connectivity index (χ4n) is 1.16. The van der Waals surface area contributed by atoms with Crippen LogP contribution in [0.3, 0.4) is 0 Å². The second-order valence-corrected chi connectivity index (χ2v) is 3.06. The maximum absolute atomic E-state index is 11.9. The standard InChI is InChI=1S/C10H12F3NO/c11-10(12,13)7-15-9(6-14)8-4-2-1-3-5-8/h1-5,9H,6-7,14H2. The van der Waals surface area contributed by atoms with Gasteiger partial charge in [0, 0.05) is 6.54 Å². The molecule has 0 fully saturated rings. The maximum atomic E-state index is 11.9. The minimum Gasteiger partial charge on any atom is -0.363 e.